The van der Waals surface area contributed by atoms with Gasteiger partial charge in [-0.1, -0.05) is 18.2 Å². The zero-order valence-corrected chi connectivity index (χ0v) is 14.6. The maximum absolute atomic E-state index is 11.3. The number of benzene rings is 2. The van der Waals surface area contributed by atoms with E-state index >= 15 is 0 Å². The number of sulfonamides is 1. The molecule has 0 aliphatic heterocycles. The molecule has 0 saturated carbocycles. The molecule has 0 unspecified atom stereocenters. The fraction of sp³-hybridized carbons (Fsp3) is 0.200. The maximum Gasteiger partial charge on any atom is 0.229 e. The Morgan fingerprint density at radius 3 is 2.41 bits per heavy atom. The Labute approximate surface area is 138 Å². The van der Waals surface area contributed by atoms with Crippen molar-refractivity contribution in [3.63, 3.8) is 0 Å². The molecule has 7 heteroatoms. The molecule has 2 aromatic rings. The van der Waals surface area contributed by atoms with Gasteiger partial charge in [0.2, 0.25) is 10.0 Å². The predicted molar refractivity (Wildman–Crippen MR) is 89.9 cm³/mol. The van der Waals surface area contributed by atoms with Gasteiger partial charge in [-0.25, -0.2) is 8.42 Å². The van der Waals surface area contributed by atoms with Crippen LogP contribution in [-0.2, 0) is 16.6 Å². The highest BCUT2D eigenvalue weighted by Gasteiger charge is 2.10. The molecule has 0 radical (unpaired) electrons. The van der Waals surface area contributed by atoms with E-state index in [9.17, 15) is 8.42 Å². The van der Waals surface area contributed by atoms with Crippen LogP contribution < -0.4 is 14.2 Å². The summed E-state index contributed by atoms with van der Waals surface area (Å²) in [5.41, 5.74) is 1.42. The molecule has 1 N–H and O–H groups in total. The molecule has 118 valence electrons. The molecular weight excluding hydrogens is 370 g/mol. The van der Waals surface area contributed by atoms with Gasteiger partial charge in [0.1, 0.15) is 18.1 Å². The monoisotopic (exact) mass is 385 g/mol. The Kier molecular flexibility index (Phi) is 5.31. The summed E-state index contributed by atoms with van der Waals surface area (Å²) in [7, 11) is -1.73. The molecule has 5 nitrogen and oxygen atoms in total. The van der Waals surface area contributed by atoms with E-state index in [1.807, 2.05) is 24.3 Å². The van der Waals surface area contributed by atoms with Crippen molar-refractivity contribution >= 4 is 31.6 Å². The SMILES string of the molecule is COc1ccc(COc2cccc(NS(C)(=O)=O)c2Br)cc1. The van der Waals surface area contributed by atoms with Crippen LogP contribution >= 0.6 is 15.9 Å². The van der Waals surface area contributed by atoms with Gasteiger partial charge in [-0.2, -0.15) is 0 Å². The number of hydrogen-bond acceptors (Lipinski definition) is 4. The third-order valence-corrected chi connectivity index (χ3v) is 4.22. The van der Waals surface area contributed by atoms with Crippen molar-refractivity contribution in [1.29, 1.82) is 0 Å². The van der Waals surface area contributed by atoms with Crippen LogP contribution in [0, 0.1) is 0 Å². The number of methoxy groups -OCH3 is 1. The second kappa shape index (κ2) is 7.02. The average Bonchev–Trinajstić information content (AvgIpc) is 2.47. The van der Waals surface area contributed by atoms with E-state index in [1.165, 1.54) is 0 Å². The minimum atomic E-state index is -3.34. The second-order valence-electron chi connectivity index (χ2n) is 4.63. The van der Waals surface area contributed by atoms with Gasteiger partial charge in [0.15, 0.2) is 0 Å². The van der Waals surface area contributed by atoms with Crippen molar-refractivity contribution in [1.82, 2.24) is 0 Å². The smallest absolute Gasteiger partial charge is 0.229 e. The van der Waals surface area contributed by atoms with Crippen molar-refractivity contribution in [3.8, 4) is 11.5 Å². The number of halogens is 1. The van der Waals surface area contributed by atoms with E-state index in [-0.39, 0.29) is 0 Å². The van der Waals surface area contributed by atoms with Crippen LogP contribution in [0.3, 0.4) is 0 Å². The maximum atomic E-state index is 11.3. The summed E-state index contributed by atoms with van der Waals surface area (Å²) in [6.07, 6.45) is 1.10. The van der Waals surface area contributed by atoms with Crippen LogP contribution in [0.1, 0.15) is 5.56 Å². The summed E-state index contributed by atoms with van der Waals surface area (Å²) in [4.78, 5) is 0. The van der Waals surface area contributed by atoms with Crippen LogP contribution in [0.5, 0.6) is 11.5 Å². The molecule has 0 aromatic heterocycles. The lowest BCUT2D eigenvalue weighted by atomic mass is 10.2. The van der Waals surface area contributed by atoms with Crippen molar-refractivity contribution in [3.05, 3.63) is 52.5 Å². The molecule has 22 heavy (non-hydrogen) atoms. The number of ether oxygens (including phenoxy) is 2. The summed E-state index contributed by atoms with van der Waals surface area (Å²) in [5, 5.41) is 0. The minimum absolute atomic E-state index is 0.366. The molecule has 0 atom stereocenters. The highest BCUT2D eigenvalue weighted by molar-refractivity contribution is 9.10. The van der Waals surface area contributed by atoms with Gasteiger partial charge < -0.3 is 9.47 Å². The van der Waals surface area contributed by atoms with Gasteiger partial charge in [0, 0.05) is 0 Å². The minimum Gasteiger partial charge on any atom is -0.497 e. The quantitative estimate of drug-likeness (QED) is 0.827. The molecule has 0 fully saturated rings. The van der Waals surface area contributed by atoms with E-state index in [0.717, 1.165) is 17.6 Å². The van der Waals surface area contributed by atoms with Gasteiger partial charge >= 0.3 is 0 Å². The van der Waals surface area contributed by atoms with E-state index in [4.69, 9.17) is 9.47 Å². The van der Waals surface area contributed by atoms with Gasteiger partial charge in [-0.15, -0.1) is 0 Å². The lowest BCUT2D eigenvalue weighted by Crippen LogP contribution is -2.10. The standard InChI is InChI=1S/C15H16BrNO4S/c1-20-12-8-6-11(7-9-12)10-21-14-5-3-4-13(15(14)16)17-22(2,18)19/h3-9,17H,10H2,1-2H3. The molecule has 0 spiro atoms. The van der Waals surface area contributed by atoms with Crippen molar-refractivity contribution in [2.24, 2.45) is 0 Å². The number of hydrogen-bond donors (Lipinski definition) is 1. The molecule has 0 heterocycles. The van der Waals surface area contributed by atoms with Crippen LogP contribution in [0.25, 0.3) is 0 Å². The predicted octanol–water partition coefficient (Wildman–Crippen LogP) is 3.41. The van der Waals surface area contributed by atoms with Crippen molar-refractivity contribution in [2.75, 3.05) is 18.1 Å². The topological polar surface area (TPSA) is 64.6 Å². The lowest BCUT2D eigenvalue weighted by molar-refractivity contribution is 0.304. The summed E-state index contributed by atoms with van der Waals surface area (Å²) in [6, 6.07) is 12.7. The number of rotatable bonds is 6. The Morgan fingerprint density at radius 1 is 1.14 bits per heavy atom. The molecule has 2 aromatic carbocycles. The largest absolute Gasteiger partial charge is 0.497 e. The van der Waals surface area contributed by atoms with E-state index in [2.05, 4.69) is 20.7 Å². The van der Waals surface area contributed by atoms with Crippen LogP contribution in [-0.4, -0.2) is 21.8 Å². The molecule has 0 bridgehead atoms. The Bertz CT molecular complexity index is 745. The normalized spacial score (nSPS) is 11.0. The molecule has 2 rings (SSSR count). The molecule has 0 amide bonds. The number of anilines is 1. The Balaban J connectivity index is 2.10. The van der Waals surface area contributed by atoms with Gasteiger partial charge in [0.25, 0.3) is 0 Å². The first-order valence-corrected chi connectivity index (χ1v) is 9.09. The molecule has 0 saturated heterocycles. The van der Waals surface area contributed by atoms with E-state index < -0.39 is 10.0 Å². The van der Waals surface area contributed by atoms with E-state index in [1.54, 1.807) is 25.3 Å². The fourth-order valence-electron chi connectivity index (χ4n) is 1.78. The van der Waals surface area contributed by atoms with Crippen LogP contribution in [0.15, 0.2) is 46.9 Å². The van der Waals surface area contributed by atoms with Gasteiger partial charge in [0.05, 0.1) is 23.5 Å². The fourth-order valence-corrected chi connectivity index (χ4v) is 2.96. The summed E-state index contributed by atoms with van der Waals surface area (Å²) >= 11 is 3.36. The first-order chi connectivity index (χ1) is 10.4. The summed E-state index contributed by atoms with van der Waals surface area (Å²) in [6.45, 7) is 0.366. The Hall–Kier alpha value is -1.73. The van der Waals surface area contributed by atoms with Crippen LogP contribution in [0.4, 0.5) is 5.69 Å². The highest BCUT2D eigenvalue weighted by Crippen LogP contribution is 2.33. The van der Waals surface area contributed by atoms with Crippen LogP contribution in [0.2, 0.25) is 0 Å². The summed E-state index contributed by atoms with van der Waals surface area (Å²) in [5.74, 6) is 1.34. The van der Waals surface area contributed by atoms with Crippen molar-refractivity contribution < 1.29 is 17.9 Å². The summed E-state index contributed by atoms with van der Waals surface area (Å²) < 4.78 is 36.5. The molecular formula is C15H16BrNO4S. The zero-order chi connectivity index (χ0) is 16.2. The Morgan fingerprint density at radius 2 is 1.82 bits per heavy atom. The number of nitrogens with one attached hydrogen (secondary N) is 1. The third kappa shape index (κ3) is 4.64. The zero-order valence-electron chi connectivity index (χ0n) is 12.2. The average molecular weight is 386 g/mol. The van der Waals surface area contributed by atoms with Crippen molar-refractivity contribution in [2.45, 2.75) is 6.61 Å². The third-order valence-electron chi connectivity index (χ3n) is 2.81. The molecule has 0 aliphatic rings. The second-order valence-corrected chi connectivity index (χ2v) is 7.17. The van der Waals surface area contributed by atoms with E-state index in [0.29, 0.717) is 22.5 Å². The first-order valence-electron chi connectivity index (χ1n) is 6.41. The molecule has 0 aliphatic carbocycles. The van der Waals surface area contributed by atoms with Gasteiger partial charge in [-0.3, -0.25) is 4.72 Å². The first kappa shape index (κ1) is 16.6. The van der Waals surface area contributed by atoms with Gasteiger partial charge in [-0.05, 0) is 45.8 Å². The lowest BCUT2D eigenvalue weighted by Gasteiger charge is -2.12. The highest BCUT2D eigenvalue weighted by atomic mass is 79.9.